The predicted molar refractivity (Wildman–Crippen MR) is 125 cm³/mol. The van der Waals surface area contributed by atoms with Crippen LogP contribution in [0.4, 0.5) is 11.4 Å². The second kappa shape index (κ2) is 7.95. The van der Waals surface area contributed by atoms with Crippen LogP contribution in [0.2, 0.25) is 0 Å². The standard InChI is InChI=1S/C27H26N2O2/c1-2-29(18-10-4-3-5-11-18)27(31)23-16-9-15-21-19-13-8-14-20(19)25(28-26(21)23)22-12-6-7-17-24(22)30/h3-13,15-17,19-20,25,28,30H,2,14H2,1H3. The minimum absolute atomic E-state index is 0.0190. The first kappa shape index (κ1) is 19.4. The van der Waals surface area contributed by atoms with Crippen molar-refractivity contribution in [2.75, 3.05) is 16.8 Å². The second-order valence-electron chi connectivity index (χ2n) is 8.19. The molecular formula is C27H26N2O2. The van der Waals surface area contributed by atoms with Crippen molar-refractivity contribution in [2.45, 2.75) is 25.3 Å². The van der Waals surface area contributed by atoms with E-state index in [-0.39, 0.29) is 23.6 Å². The molecule has 3 unspecified atom stereocenters. The molecule has 1 aliphatic heterocycles. The number of rotatable bonds is 4. The first-order valence-electron chi connectivity index (χ1n) is 10.9. The van der Waals surface area contributed by atoms with E-state index in [2.05, 4.69) is 23.5 Å². The highest BCUT2D eigenvalue weighted by Crippen LogP contribution is 2.51. The van der Waals surface area contributed by atoms with Crippen LogP contribution in [-0.4, -0.2) is 17.6 Å². The number of anilines is 2. The molecule has 0 aromatic heterocycles. The zero-order valence-electron chi connectivity index (χ0n) is 17.5. The molecule has 2 N–H and O–H groups in total. The maximum atomic E-state index is 13.7. The Morgan fingerprint density at radius 2 is 1.74 bits per heavy atom. The summed E-state index contributed by atoms with van der Waals surface area (Å²) >= 11 is 0. The van der Waals surface area contributed by atoms with Gasteiger partial charge in [0.15, 0.2) is 0 Å². The summed E-state index contributed by atoms with van der Waals surface area (Å²) in [7, 11) is 0. The topological polar surface area (TPSA) is 52.6 Å². The van der Waals surface area contributed by atoms with E-state index in [4.69, 9.17) is 0 Å². The van der Waals surface area contributed by atoms with Crippen LogP contribution < -0.4 is 10.2 Å². The molecule has 2 aliphatic rings. The van der Waals surface area contributed by atoms with Crippen LogP contribution in [0.15, 0.2) is 84.9 Å². The molecule has 0 bridgehead atoms. The number of nitrogens with one attached hydrogen (secondary N) is 1. The Labute approximate surface area is 182 Å². The summed E-state index contributed by atoms with van der Waals surface area (Å²) in [4.78, 5) is 15.5. The lowest BCUT2D eigenvalue weighted by Gasteiger charge is -2.39. The van der Waals surface area contributed by atoms with Gasteiger partial charge in [0.25, 0.3) is 5.91 Å². The molecule has 156 valence electrons. The van der Waals surface area contributed by atoms with Crippen LogP contribution in [0.5, 0.6) is 5.75 Å². The Hall–Kier alpha value is -3.53. The molecule has 3 aromatic rings. The molecule has 3 aromatic carbocycles. The van der Waals surface area contributed by atoms with E-state index in [9.17, 15) is 9.90 Å². The number of benzene rings is 3. The number of phenols is 1. The molecule has 1 amide bonds. The number of para-hydroxylation sites is 3. The summed E-state index contributed by atoms with van der Waals surface area (Å²) < 4.78 is 0. The van der Waals surface area contributed by atoms with E-state index in [1.807, 2.05) is 72.5 Å². The van der Waals surface area contributed by atoms with Gasteiger partial charge in [-0.1, -0.05) is 60.7 Å². The van der Waals surface area contributed by atoms with Crippen LogP contribution in [0.25, 0.3) is 0 Å². The summed E-state index contributed by atoms with van der Waals surface area (Å²) in [5.41, 5.74) is 4.47. The fourth-order valence-electron chi connectivity index (χ4n) is 5.05. The zero-order valence-corrected chi connectivity index (χ0v) is 17.5. The Kier molecular flexibility index (Phi) is 4.99. The molecule has 5 rings (SSSR count). The average Bonchev–Trinajstić information content (AvgIpc) is 3.30. The van der Waals surface area contributed by atoms with Gasteiger partial charge in [-0.05, 0) is 49.1 Å². The van der Waals surface area contributed by atoms with E-state index in [0.717, 1.165) is 28.9 Å². The molecule has 0 saturated carbocycles. The van der Waals surface area contributed by atoms with Gasteiger partial charge in [0.2, 0.25) is 0 Å². The molecule has 1 heterocycles. The number of fused-ring (bicyclic) bond motifs is 3. The largest absolute Gasteiger partial charge is 0.508 e. The lowest BCUT2D eigenvalue weighted by atomic mass is 9.76. The van der Waals surface area contributed by atoms with Crippen molar-refractivity contribution < 1.29 is 9.90 Å². The Bertz CT molecular complexity index is 1140. The third-order valence-corrected chi connectivity index (χ3v) is 6.53. The first-order chi connectivity index (χ1) is 15.2. The molecule has 0 fully saturated rings. The Balaban J connectivity index is 1.59. The van der Waals surface area contributed by atoms with Crippen molar-refractivity contribution in [1.29, 1.82) is 0 Å². The van der Waals surface area contributed by atoms with Gasteiger partial charge in [-0.15, -0.1) is 0 Å². The van der Waals surface area contributed by atoms with E-state index in [0.29, 0.717) is 18.0 Å². The lowest BCUT2D eigenvalue weighted by Crippen LogP contribution is -2.34. The average molecular weight is 411 g/mol. The van der Waals surface area contributed by atoms with Gasteiger partial charge in [-0.25, -0.2) is 0 Å². The van der Waals surface area contributed by atoms with Crippen LogP contribution in [0, 0.1) is 5.92 Å². The van der Waals surface area contributed by atoms with Gasteiger partial charge in [-0.2, -0.15) is 0 Å². The fraction of sp³-hybridized carbons (Fsp3) is 0.222. The minimum atomic E-state index is -0.0607. The minimum Gasteiger partial charge on any atom is -0.508 e. The van der Waals surface area contributed by atoms with Gasteiger partial charge in [0, 0.05) is 23.7 Å². The molecular weight excluding hydrogens is 384 g/mol. The summed E-state index contributed by atoms with van der Waals surface area (Å²) in [6.45, 7) is 2.58. The van der Waals surface area contributed by atoms with Crippen molar-refractivity contribution in [2.24, 2.45) is 5.92 Å². The van der Waals surface area contributed by atoms with Crippen molar-refractivity contribution in [3.63, 3.8) is 0 Å². The molecule has 4 nitrogen and oxygen atoms in total. The van der Waals surface area contributed by atoms with Crippen molar-refractivity contribution >= 4 is 17.3 Å². The third kappa shape index (κ3) is 3.28. The summed E-state index contributed by atoms with van der Waals surface area (Å²) in [6.07, 6.45) is 5.41. The lowest BCUT2D eigenvalue weighted by molar-refractivity contribution is 0.0988. The number of nitrogens with zero attached hydrogens (tertiary/aromatic N) is 1. The van der Waals surface area contributed by atoms with Crippen molar-refractivity contribution in [1.82, 2.24) is 0 Å². The van der Waals surface area contributed by atoms with Gasteiger partial charge in [-0.3, -0.25) is 4.79 Å². The third-order valence-electron chi connectivity index (χ3n) is 6.53. The van der Waals surface area contributed by atoms with Crippen LogP contribution >= 0.6 is 0 Å². The highest BCUT2D eigenvalue weighted by molar-refractivity contribution is 6.10. The van der Waals surface area contributed by atoms with Crippen LogP contribution in [0.3, 0.4) is 0 Å². The smallest absolute Gasteiger partial charge is 0.260 e. The van der Waals surface area contributed by atoms with Crippen molar-refractivity contribution in [3.8, 4) is 5.75 Å². The van der Waals surface area contributed by atoms with Gasteiger partial charge in [0.05, 0.1) is 17.3 Å². The number of amides is 1. The number of carbonyl (C=O) groups is 1. The molecule has 3 atom stereocenters. The molecule has 0 radical (unpaired) electrons. The highest BCUT2D eigenvalue weighted by atomic mass is 16.3. The van der Waals surface area contributed by atoms with Gasteiger partial charge in [0.1, 0.15) is 5.75 Å². The van der Waals surface area contributed by atoms with E-state index in [1.165, 1.54) is 0 Å². The second-order valence-corrected chi connectivity index (χ2v) is 8.19. The highest BCUT2D eigenvalue weighted by Gasteiger charge is 2.40. The normalized spacial score (nSPS) is 21.1. The molecule has 4 heteroatoms. The summed E-state index contributed by atoms with van der Waals surface area (Å²) in [6, 6.07) is 23.2. The number of allylic oxidation sites excluding steroid dienone is 2. The molecule has 1 aliphatic carbocycles. The summed E-state index contributed by atoms with van der Waals surface area (Å²) in [5, 5.41) is 14.2. The maximum Gasteiger partial charge on any atom is 0.260 e. The summed E-state index contributed by atoms with van der Waals surface area (Å²) in [5.74, 6) is 0.801. The molecule has 0 saturated heterocycles. The predicted octanol–water partition coefficient (Wildman–Crippen LogP) is 5.89. The SMILES string of the molecule is CCN(C(=O)c1cccc2c1NC(c1ccccc1O)C1CC=CC21)c1ccccc1. The van der Waals surface area contributed by atoms with Crippen LogP contribution in [0.1, 0.15) is 46.8 Å². The van der Waals surface area contributed by atoms with Gasteiger partial charge < -0.3 is 15.3 Å². The number of hydrogen-bond donors (Lipinski definition) is 2. The van der Waals surface area contributed by atoms with Gasteiger partial charge >= 0.3 is 0 Å². The zero-order chi connectivity index (χ0) is 21.4. The van der Waals surface area contributed by atoms with E-state index < -0.39 is 0 Å². The van der Waals surface area contributed by atoms with E-state index in [1.54, 1.807) is 6.07 Å². The Morgan fingerprint density at radius 3 is 2.52 bits per heavy atom. The number of aromatic hydroxyl groups is 1. The fourth-order valence-corrected chi connectivity index (χ4v) is 5.05. The van der Waals surface area contributed by atoms with E-state index >= 15 is 0 Å². The Morgan fingerprint density at radius 1 is 1.00 bits per heavy atom. The van der Waals surface area contributed by atoms with Crippen LogP contribution in [-0.2, 0) is 0 Å². The first-order valence-corrected chi connectivity index (χ1v) is 10.9. The maximum absolute atomic E-state index is 13.7. The van der Waals surface area contributed by atoms with Crippen molar-refractivity contribution in [3.05, 3.63) is 102 Å². The number of carbonyl (C=O) groups excluding carboxylic acids is 1. The monoisotopic (exact) mass is 410 g/mol. The number of phenolic OH excluding ortho intramolecular Hbond substituents is 1. The number of hydrogen-bond acceptors (Lipinski definition) is 3. The molecule has 31 heavy (non-hydrogen) atoms. The molecule has 0 spiro atoms. The quantitative estimate of drug-likeness (QED) is 0.528.